The number of rotatable bonds is 0. The van der Waals surface area contributed by atoms with Crippen molar-refractivity contribution in [2.75, 3.05) is 16.6 Å². The molecule has 0 spiro atoms. The Morgan fingerprint density at radius 1 is 0.714 bits per heavy atom. The van der Waals surface area contributed by atoms with Crippen molar-refractivity contribution in [1.29, 1.82) is 0 Å². The maximum absolute atomic E-state index is 1.99. The smallest absolute Gasteiger partial charge is 0.0600 e. The van der Waals surface area contributed by atoms with Gasteiger partial charge < -0.3 is 0 Å². The molecule has 1 fully saturated rings. The molecule has 1 aliphatic heterocycles. The molecule has 0 unspecified atom stereocenters. The van der Waals surface area contributed by atoms with Crippen LogP contribution in [0, 0.1) is 0 Å². The summed E-state index contributed by atoms with van der Waals surface area (Å²) in [5, 5.41) is 1.26. The second-order valence-electron chi connectivity index (χ2n) is 0.998. The Hall–Kier alpha value is 1.40. The molecule has 0 nitrogen and oxygen atoms in total. The van der Waals surface area contributed by atoms with Crippen molar-refractivity contribution in [3.05, 3.63) is 0 Å². The van der Waals surface area contributed by atoms with Crippen LogP contribution in [0.5, 0.6) is 0 Å². The first-order chi connectivity index (χ1) is 3.50. The minimum atomic E-state index is 1.26. The van der Waals surface area contributed by atoms with Crippen molar-refractivity contribution in [1.82, 2.24) is 0 Å². The summed E-state index contributed by atoms with van der Waals surface area (Å²) in [5.41, 5.74) is 0. The highest BCUT2D eigenvalue weighted by atomic mass is 33.1. The molecule has 0 aromatic heterocycles. The topological polar surface area (TPSA) is 0 Å². The summed E-state index contributed by atoms with van der Waals surface area (Å²) in [4.78, 5) is 0. The van der Waals surface area contributed by atoms with Gasteiger partial charge in [-0.05, 0) is 0 Å². The normalized spacial score (nSPS) is 24.0. The summed E-state index contributed by atoms with van der Waals surface area (Å²) in [6.07, 6.45) is 0. The highest BCUT2D eigenvalue weighted by Gasteiger charge is 1.97. The Morgan fingerprint density at radius 2 is 1.29 bits per heavy atom. The molecule has 1 heterocycles. The highest BCUT2D eigenvalue weighted by molar-refractivity contribution is 8.86. The van der Waals surface area contributed by atoms with E-state index in [1.54, 1.807) is 0 Å². The number of hydrogen-bond acceptors (Lipinski definition) is 4. The lowest BCUT2D eigenvalue weighted by Gasteiger charge is -1.84. The van der Waals surface area contributed by atoms with Crippen LogP contribution in [-0.4, -0.2) is 16.6 Å². The molecule has 0 aromatic carbocycles. The van der Waals surface area contributed by atoms with Gasteiger partial charge in [0, 0.05) is 11.5 Å². The highest BCUT2D eigenvalue weighted by Crippen LogP contribution is 2.36. The molecule has 0 amide bonds. The molecule has 1 aliphatic rings. The van der Waals surface area contributed by atoms with E-state index in [1.807, 2.05) is 43.2 Å². The van der Waals surface area contributed by atoms with Crippen molar-refractivity contribution < 1.29 is 0 Å². The molecule has 0 N–H and O–H groups in total. The zero-order chi connectivity index (χ0) is 4.95. The summed E-state index contributed by atoms with van der Waals surface area (Å²) in [6, 6.07) is 0. The van der Waals surface area contributed by atoms with E-state index in [9.17, 15) is 0 Å². The fourth-order valence-corrected chi connectivity index (χ4v) is 6.33. The standard InChI is InChI=1S/C3H6S4/c1-2-5-7-3-6-4-1/h1-3H2. The van der Waals surface area contributed by atoms with Crippen molar-refractivity contribution in [3.8, 4) is 0 Å². The van der Waals surface area contributed by atoms with E-state index in [0.717, 1.165) is 0 Å². The van der Waals surface area contributed by atoms with E-state index in [-0.39, 0.29) is 0 Å². The lowest BCUT2D eigenvalue weighted by molar-refractivity contribution is 1.58. The zero-order valence-electron chi connectivity index (χ0n) is 3.75. The fraction of sp³-hybridized carbons (Fsp3) is 1.00. The SMILES string of the molecule is C1CSSCSS1. The third-order valence-electron chi connectivity index (χ3n) is 0.513. The minimum Gasteiger partial charge on any atom is -0.0924 e. The number of hydrogen-bond donors (Lipinski definition) is 0. The van der Waals surface area contributed by atoms with Gasteiger partial charge in [0.15, 0.2) is 0 Å². The fourth-order valence-electron chi connectivity index (χ4n) is 0.274. The van der Waals surface area contributed by atoms with Gasteiger partial charge in [0.2, 0.25) is 0 Å². The monoisotopic (exact) mass is 170 g/mol. The van der Waals surface area contributed by atoms with Gasteiger partial charge in [-0.3, -0.25) is 0 Å². The van der Waals surface area contributed by atoms with Crippen LogP contribution in [-0.2, 0) is 0 Å². The molecule has 1 saturated heterocycles. The van der Waals surface area contributed by atoms with Crippen LogP contribution in [0.15, 0.2) is 0 Å². The Kier molecular flexibility index (Phi) is 4.00. The third kappa shape index (κ3) is 3.06. The van der Waals surface area contributed by atoms with Crippen molar-refractivity contribution in [2.45, 2.75) is 0 Å². The second kappa shape index (κ2) is 4.30. The van der Waals surface area contributed by atoms with Gasteiger partial charge in [0.05, 0.1) is 5.08 Å². The molecule has 0 aliphatic carbocycles. The molecule has 42 valence electrons. The molecule has 1 rings (SSSR count). The molecule has 0 aromatic rings. The molecular formula is C3H6S4. The van der Waals surface area contributed by atoms with Crippen LogP contribution in [0.4, 0.5) is 0 Å². The quantitative estimate of drug-likeness (QED) is 0.512. The maximum Gasteiger partial charge on any atom is 0.0600 e. The van der Waals surface area contributed by atoms with E-state index in [2.05, 4.69) is 0 Å². The van der Waals surface area contributed by atoms with Crippen molar-refractivity contribution >= 4 is 43.2 Å². The molecule has 0 bridgehead atoms. The summed E-state index contributed by atoms with van der Waals surface area (Å²) < 4.78 is 0. The summed E-state index contributed by atoms with van der Waals surface area (Å²) in [6.45, 7) is 0. The van der Waals surface area contributed by atoms with Crippen LogP contribution >= 0.6 is 43.2 Å². The predicted molar refractivity (Wildman–Crippen MR) is 45.0 cm³/mol. The third-order valence-corrected chi connectivity index (χ3v) is 6.35. The van der Waals surface area contributed by atoms with Gasteiger partial charge in [-0.2, -0.15) is 0 Å². The predicted octanol–water partition coefficient (Wildman–Crippen LogP) is 2.72. The zero-order valence-corrected chi connectivity index (χ0v) is 7.02. The minimum absolute atomic E-state index is 1.26. The Balaban J connectivity index is 2.04. The Morgan fingerprint density at radius 3 is 1.86 bits per heavy atom. The second-order valence-corrected chi connectivity index (χ2v) is 6.53. The molecule has 0 saturated carbocycles. The van der Waals surface area contributed by atoms with Crippen LogP contribution in [0.3, 0.4) is 0 Å². The first-order valence-electron chi connectivity index (χ1n) is 1.99. The van der Waals surface area contributed by atoms with E-state index >= 15 is 0 Å². The lowest BCUT2D eigenvalue weighted by atomic mass is 11.0. The molecule has 0 radical (unpaired) electrons. The first kappa shape index (κ1) is 6.52. The molecule has 4 heteroatoms. The van der Waals surface area contributed by atoms with Crippen LogP contribution in [0.2, 0.25) is 0 Å². The van der Waals surface area contributed by atoms with E-state index in [4.69, 9.17) is 0 Å². The van der Waals surface area contributed by atoms with Gasteiger partial charge in [0.1, 0.15) is 0 Å². The van der Waals surface area contributed by atoms with Crippen molar-refractivity contribution in [2.24, 2.45) is 0 Å². The van der Waals surface area contributed by atoms with E-state index in [0.29, 0.717) is 0 Å². The van der Waals surface area contributed by atoms with Gasteiger partial charge in [-0.25, -0.2) is 0 Å². The summed E-state index contributed by atoms with van der Waals surface area (Å²) in [7, 11) is 7.93. The van der Waals surface area contributed by atoms with Gasteiger partial charge >= 0.3 is 0 Å². The molecule has 7 heavy (non-hydrogen) atoms. The molecular weight excluding hydrogens is 164 g/mol. The van der Waals surface area contributed by atoms with Gasteiger partial charge in [0.25, 0.3) is 0 Å². The van der Waals surface area contributed by atoms with Crippen LogP contribution < -0.4 is 0 Å². The first-order valence-corrected chi connectivity index (χ1v) is 6.96. The van der Waals surface area contributed by atoms with Crippen LogP contribution in [0.1, 0.15) is 0 Å². The van der Waals surface area contributed by atoms with Crippen LogP contribution in [0.25, 0.3) is 0 Å². The maximum atomic E-state index is 1.99. The average molecular weight is 170 g/mol. The summed E-state index contributed by atoms with van der Waals surface area (Å²) >= 11 is 0. The van der Waals surface area contributed by atoms with E-state index in [1.165, 1.54) is 16.6 Å². The van der Waals surface area contributed by atoms with E-state index < -0.39 is 0 Å². The summed E-state index contributed by atoms with van der Waals surface area (Å²) in [5.74, 6) is 2.64. The largest absolute Gasteiger partial charge is 0.0924 e. The molecule has 0 atom stereocenters. The van der Waals surface area contributed by atoms with Gasteiger partial charge in [-0.15, -0.1) is 0 Å². The Labute approximate surface area is 59.8 Å². The lowest BCUT2D eigenvalue weighted by Crippen LogP contribution is -1.72. The van der Waals surface area contributed by atoms with Gasteiger partial charge in [-0.1, -0.05) is 43.2 Å². The Bertz CT molecular complexity index is 26.5. The average Bonchev–Trinajstić information content (AvgIpc) is 1.90. The van der Waals surface area contributed by atoms with Crippen molar-refractivity contribution in [3.63, 3.8) is 0 Å².